The summed E-state index contributed by atoms with van der Waals surface area (Å²) in [7, 11) is 0. The maximum absolute atomic E-state index is 13.4. The molecule has 4 rings (SSSR count). The Morgan fingerprint density at radius 3 is 2.66 bits per heavy atom. The first-order valence-electron chi connectivity index (χ1n) is 10.6. The molecule has 3 unspecified atom stereocenters. The van der Waals surface area contributed by atoms with Crippen LogP contribution in [0, 0.1) is 17.8 Å². The molecule has 0 aromatic heterocycles. The number of carbonyl (C=O) groups is 1. The van der Waals surface area contributed by atoms with Crippen LogP contribution in [0.1, 0.15) is 62.5 Å². The molecule has 2 fully saturated rings. The average molecular weight is 408 g/mol. The van der Waals surface area contributed by atoms with Gasteiger partial charge in [-0.1, -0.05) is 18.1 Å². The van der Waals surface area contributed by atoms with Crippen LogP contribution in [0.15, 0.2) is 29.3 Å². The smallest absolute Gasteiger partial charge is 0.416 e. The third-order valence-corrected chi connectivity index (χ3v) is 6.97. The minimum atomic E-state index is -4.53. The molecule has 0 saturated heterocycles. The quantitative estimate of drug-likeness (QED) is 0.562. The topological polar surface area (TPSA) is 46.5 Å². The summed E-state index contributed by atoms with van der Waals surface area (Å²) in [5, 5.41) is 8.77. The summed E-state index contributed by atoms with van der Waals surface area (Å²) in [6.45, 7) is 0.356. The molecule has 0 radical (unpaired) electrons. The number of carboxylic acid groups (broad SMARTS) is 1. The number of hydrogen-bond donors (Lipinski definition) is 1. The van der Waals surface area contributed by atoms with Crippen LogP contribution in [0.25, 0.3) is 0 Å². The first-order valence-corrected chi connectivity index (χ1v) is 10.6. The molecule has 3 aliphatic carbocycles. The summed E-state index contributed by atoms with van der Waals surface area (Å²) in [6, 6.07) is 3.89. The third kappa shape index (κ3) is 4.46. The maximum atomic E-state index is 13.4. The van der Waals surface area contributed by atoms with Gasteiger partial charge in [-0.15, -0.1) is 0 Å². The highest BCUT2D eigenvalue weighted by atomic mass is 19.4. The Labute approximate surface area is 168 Å². The van der Waals surface area contributed by atoms with E-state index in [2.05, 4.69) is 0 Å². The summed E-state index contributed by atoms with van der Waals surface area (Å²) in [4.78, 5) is 10.7. The van der Waals surface area contributed by atoms with Crippen LogP contribution in [0.4, 0.5) is 13.2 Å². The van der Waals surface area contributed by atoms with Gasteiger partial charge in [0.05, 0.1) is 5.56 Å². The molecule has 29 heavy (non-hydrogen) atoms. The lowest BCUT2D eigenvalue weighted by molar-refractivity contribution is -0.140. The molecule has 1 aromatic carbocycles. The number of aryl methyl sites for hydroxylation is 1. The Morgan fingerprint density at radius 1 is 1.17 bits per heavy atom. The molecular weight excluding hydrogens is 381 g/mol. The van der Waals surface area contributed by atoms with Gasteiger partial charge in [-0.05, 0) is 86.0 Å². The van der Waals surface area contributed by atoms with Crippen molar-refractivity contribution < 1.29 is 27.8 Å². The first-order chi connectivity index (χ1) is 13.8. The van der Waals surface area contributed by atoms with Crippen LogP contribution in [0.5, 0.6) is 5.75 Å². The molecule has 158 valence electrons. The predicted octanol–water partition coefficient (Wildman–Crippen LogP) is 6.02. The van der Waals surface area contributed by atoms with Crippen molar-refractivity contribution >= 4 is 5.97 Å². The molecule has 3 aliphatic rings. The summed E-state index contributed by atoms with van der Waals surface area (Å²) >= 11 is 0. The Bertz CT molecular complexity index is 812. The molecule has 3 nitrogen and oxygen atoms in total. The van der Waals surface area contributed by atoms with Gasteiger partial charge in [0.1, 0.15) is 12.4 Å². The minimum absolute atomic E-state index is 0.00463. The lowest BCUT2D eigenvalue weighted by Gasteiger charge is -2.24. The van der Waals surface area contributed by atoms with Crippen molar-refractivity contribution in [2.24, 2.45) is 17.8 Å². The van der Waals surface area contributed by atoms with Crippen molar-refractivity contribution in [3.8, 4) is 5.75 Å². The van der Waals surface area contributed by atoms with Gasteiger partial charge in [0.25, 0.3) is 0 Å². The summed E-state index contributed by atoms with van der Waals surface area (Å²) < 4.78 is 46.1. The number of allylic oxidation sites excluding steroid dienone is 1. The van der Waals surface area contributed by atoms with Crippen molar-refractivity contribution in [2.75, 3.05) is 6.61 Å². The number of benzene rings is 1. The van der Waals surface area contributed by atoms with Crippen molar-refractivity contribution in [1.29, 1.82) is 0 Å². The highest BCUT2D eigenvalue weighted by molar-refractivity contribution is 5.67. The fourth-order valence-corrected chi connectivity index (χ4v) is 5.65. The number of aliphatic carboxylic acids is 1. The molecule has 0 aliphatic heterocycles. The largest absolute Gasteiger partial charge is 0.489 e. The molecule has 0 heterocycles. The van der Waals surface area contributed by atoms with E-state index in [1.807, 2.05) is 0 Å². The second-order valence-electron chi connectivity index (χ2n) is 8.76. The second-order valence-corrected chi connectivity index (χ2v) is 8.76. The van der Waals surface area contributed by atoms with Crippen LogP contribution < -0.4 is 4.74 Å². The lowest BCUT2D eigenvalue weighted by Crippen LogP contribution is -2.15. The first kappa shape index (κ1) is 20.3. The van der Waals surface area contributed by atoms with Gasteiger partial charge in [-0.2, -0.15) is 13.2 Å². The van der Waals surface area contributed by atoms with E-state index in [0.717, 1.165) is 37.2 Å². The standard InChI is InChI=1S/C23H27F3O3/c24-23(25,26)21-12-18(8-6-15(21)7-9-22(27)28)29-13-17-2-1-3-19(17)20-11-14-4-5-16(20)10-14/h6,8,12,14,16,20H,1-5,7,9-11,13H2,(H,27,28). The second kappa shape index (κ2) is 8.04. The van der Waals surface area contributed by atoms with Crippen molar-refractivity contribution in [3.63, 3.8) is 0 Å². The van der Waals surface area contributed by atoms with Crippen LogP contribution in [-0.2, 0) is 17.4 Å². The Hall–Kier alpha value is -1.98. The number of fused-ring (bicyclic) bond motifs is 2. The Morgan fingerprint density at radius 2 is 2.00 bits per heavy atom. The van der Waals surface area contributed by atoms with Crippen molar-refractivity contribution in [3.05, 3.63) is 40.5 Å². The van der Waals surface area contributed by atoms with Gasteiger partial charge < -0.3 is 9.84 Å². The van der Waals surface area contributed by atoms with Gasteiger partial charge in [0.2, 0.25) is 0 Å². The molecule has 1 aromatic rings. The van der Waals surface area contributed by atoms with E-state index in [0.29, 0.717) is 12.5 Å². The van der Waals surface area contributed by atoms with Crippen LogP contribution in [0.3, 0.4) is 0 Å². The Kier molecular flexibility index (Phi) is 5.63. The number of ether oxygens (including phenoxy) is 1. The monoisotopic (exact) mass is 408 g/mol. The van der Waals surface area contributed by atoms with Gasteiger partial charge in [-0.25, -0.2) is 0 Å². The van der Waals surface area contributed by atoms with Gasteiger partial charge in [-0.3, -0.25) is 4.79 Å². The number of halogens is 3. The minimum Gasteiger partial charge on any atom is -0.489 e. The highest BCUT2D eigenvalue weighted by Gasteiger charge is 2.42. The third-order valence-electron chi connectivity index (χ3n) is 6.97. The van der Waals surface area contributed by atoms with E-state index in [1.165, 1.54) is 49.0 Å². The van der Waals surface area contributed by atoms with E-state index >= 15 is 0 Å². The SMILES string of the molecule is O=C(O)CCc1ccc(OCC2=C(C3CC4CCC3C4)CCC2)cc1C(F)(F)F. The predicted molar refractivity (Wildman–Crippen MR) is 103 cm³/mol. The molecule has 3 atom stereocenters. The van der Waals surface area contributed by atoms with Gasteiger partial charge >= 0.3 is 12.1 Å². The zero-order chi connectivity index (χ0) is 20.6. The fourth-order valence-electron chi connectivity index (χ4n) is 5.65. The molecule has 0 amide bonds. The number of hydrogen-bond acceptors (Lipinski definition) is 2. The normalized spacial score (nSPS) is 26.4. The van der Waals surface area contributed by atoms with Gasteiger partial charge in [0, 0.05) is 6.42 Å². The molecule has 6 heteroatoms. The number of alkyl halides is 3. The number of carboxylic acids is 1. The summed E-state index contributed by atoms with van der Waals surface area (Å²) in [5.74, 6) is 1.42. The zero-order valence-corrected chi connectivity index (χ0v) is 16.4. The van der Waals surface area contributed by atoms with Crippen LogP contribution in [-0.4, -0.2) is 17.7 Å². The van der Waals surface area contributed by atoms with Crippen molar-refractivity contribution in [1.82, 2.24) is 0 Å². The van der Waals surface area contributed by atoms with E-state index in [-0.39, 0.29) is 24.2 Å². The van der Waals surface area contributed by atoms with E-state index in [4.69, 9.17) is 9.84 Å². The maximum Gasteiger partial charge on any atom is 0.416 e. The molecule has 0 spiro atoms. The average Bonchev–Trinajstić information content (AvgIpc) is 3.40. The van der Waals surface area contributed by atoms with Crippen LogP contribution >= 0.6 is 0 Å². The summed E-state index contributed by atoms with van der Waals surface area (Å²) in [6.07, 6.45) is 3.48. The number of rotatable bonds is 7. The van der Waals surface area contributed by atoms with Gasteiger partial charge in [0.15, 0.2) is 0 Å². The van der Waals surface area contributed by atoms with E-state index in [1.54, 1.807) is 0 Å². The van der Waals surface area contributed by atoms with E-state index < -0.39 is 17.7 Å². The Balaban J connectivity index is 1.47. The molecule has 2 bridgehead atoms. The molecule has 2 saturated carbocycles. The fraction of sp³-hybridized carbons (Fsp3) is 0.609. The molecular formula is C23H27F3O3. The lowest BCUT2D eigenvalue weighted by atomic mass is 9.81. The summed E-state index contributed by atoms with van der Waals surface area (Å²) in [5.41, 5.74) is 2.00. The highest BCUT2D eigenvalue weighted by Crippen LogP contribution is 2.53. The van der Waals surface area contributed by atoms with Crippen LogP contribution in [0.2, 0.25) is 0 Å². The van der Waals surface area contributed by atoms with Crippen molar-refractivity contribution in [2.45, 2.75) is 64.0 Å². The molecule has 1 N–H and O–H groups in total. The van der Waals surface area contributed by atoms with E-state index in [9.17, 15) is 18.0 Å². The zero-order valence-electron chi connectivity index (χ0n) is 16.4.